The summed E-state index contributed by atoms with van der Waals surface area (Å²) in [6, 6.07) is 0. The predicted octanol–water partition coefficient (Wildman–Crippen LogP) is 0.579. The Kier molecular flexibility index (Phi) is 3.39. The highest BCUT2D eigenvalue weighted by Crippen LogP contribution is 2.36. The van der Waals surface area contributed by atoms with Gasteiger partial charge in [-0.3, -0.25) is 19.7 Å². The molecule has 0 aromatic carbocycles. The average molecular weight is 215 g/mol. The Morgan fingerprint density at radius 2 is 2.27 bits per heavy atom. The smallest absolute Gasteiger partial charge is 0.304 e. The number of carboxylic acid groups (broad SMARTS) is 1. The van der Waals surface area contributed by atoms with E-state index in [2.05, 4.69) is 0 Å². The highest BCUT2D eigenvalue weighted by Gasteiger charge is 2.43. The summed E-state index contributed by atoms with van der Waals surface area (Å²) in [4.78, 5) is 31.9. The van der Waals surface area contributed by atoms with Crippen LogP contribution in [0.5, 0.6) is 0 Å². The molecule has 0 aromatic rings. The Balaban J connectivity index is 2.75. The lowest BCUT2D eigenvalue weighted by Gasteiger charge is -2.15. The zero-order valence-corrected chi connectivity index (χ0v) is 8.38. The maximum absolute atomic E-state index is 11.4. The molecule has 1 aliphatic carbocycles. The first-order valence-corrected chi connectivity index (χ1v) is 4.78. The molecule has 0 aromatic heterocycles. The van der Waals surface area contributed by atoms with Crippen molar-refractivity contribution in [2.24, 2.45) is 17.8 Å². The van der Waals surface area contributed by atoms with Gasteiger partial charge in [-0.25, -0.2) is 0 Å². The fourth-order valence-corrected chi connectivity index (χ4v) is 2.19. The molecule has 6 heteroatoms. The maximum Gasteiger partial charge on any atom is 0.304 e. The van der Waals surface area contributed by atoms with Gasteiger partial charge in [0.15, 0.2) is 0 Å². The van der Waals surface area contributed by atoms with Gasteiger partial charge < -0.3 is 5.11 Å². The van der Waals surface area contributed by atoms with E-state index in [1.54, 1.807) is 6.92 Å². The zero-order chi connectivity index (χ0) is 11.6. The van der Waals surface area contributed by atoms with Crippen LogP contribution in [0.15, 0.2) is 0 Å². The van der Waals surface area contributed by atoms with Gasteiger partial charge in [0.1, 0.15) is 5.78 Å². The van der Waals surface area contributed by atoms with Gasteiger partial charge in [0.2, 0.25) is 6.54 Å². The minimum atomic E-state index is -1.07. The SMILES string of the molecule is C[C@@H]1CC(=O)[C@@H](CC(=O)O)[C@H]1C[N+](=O)[O-]. The molecule has 0 aliphatic heterocycles. The number of carbonyl (C=O) groups is 2. The number of aliphatic carboxylic acids is 1. The second kappa shape index (κ2) is 4.37. The minimum Gasteiger partial charge on any atom is -0.481 e. The summed E-state index contributed by atoms with van der Waals surface area (Å²) in [5.41, 5.74) is 0. The van der Waals surface area contributed by atoms with Gasteiger partial charge in [-0.15, -0.1) is 0 Å². The van der Waals surface area contributed by atoms with Crippen LogP contribution in [-0.4, -0.2) is 28.3 Å². The fraction of sp³-hybridized carbons (Fsp3) is 0.778. The van der Waals surface area contributed by atoms with Crippen LogP contribution < -0.4 is 0 Å². The molecule has 84 valence electrons. The second-order valence-corrected chi connectivity index (χ2v) is 4.03. The van der Waals surface area contributed by atoms with E-state index >= 15 is 0 Å². The van der Waals surface area contributed by atoms with Gasteiger partial charge in [-0.1, -0.05) is 6.92 Å². The van der Waals surface area contributed by atoms with Crippen LogP contribution in [0.3, 0.4) is 0 Å². The van der Waals surface area contributed by atoms with E-state index in [0.717, 1.165) is 0 Å². The van der Waals surface area contributed by atoms with E-state index in [0.29, 0.717) is 0 Å². The van der Waals surface area contributed by atoms with Gasteiger partial charge in [0.05, 0.1) is 6.42 Å². The third kappa shape index (κ3) is 2.74. The van der Waals surface area contributed by atoms with Crippen LogP contribution in [0.4, 0.5) is 0 Å². The lowest BCUT2D eigenvalue weighted by molar-refractivity contribution is -0.490. The Morgan fingerprint density at radius 3 is 2.73 bits per heavy atom. The lowest BCUT2D eigenvalue weighted by Crippen LogP contribution is -2.26. The number of nitro groups is 1. The van der Waals surface area contributed by atoms with Crippen molar-refractivity contribution in [2.45, 2.75) is 19.8 Å². The van der Waals surface area contributed by atoms with Gasteiger partial charge in [0.25, 0.3) is 0 Å². The number of Topliss-reactive ketones (excluding diaryl/α,β-unsaturated/α-hetero) is 1. The summed E-state index contributed by atoms with van der Waals surface area (Å²) in [6.07, 6.45) is -0.0296. The summed E-state index contributed by atoms with van der Waals surface area (Å²) in [6.45, 7) is 1.44. The van der Waals surface area contributed by atoms with E-state index in [-0.39, 0.29) is 31.1 Å². The molecular weight excluding hydrogens is 202 g/mol. The summed E-state index contributed by atoms with van der Waals surface area (Å²) in [5.74, 6) is -2.42. The van der Waals surface area contributed by atoms with E-state index in [1.807, 2.05) is 0 Å². The van der Waals surface area contributed by atoms with Crippen molar-refractivity contribution in [1.29, 1.82) is 0 Å². The molecule has 3 atom stereocenters. The fourth-order valence-electron chi connectivity index (χ4n) is 2.19. The molecule has 0 spiro atoms. The first-order chi connectivity index (χ1) is 6.91. The summed E-state index contributed by atoms with van der Waals surface area (Å²) in [7, 11) is 0. The van der Waals surface area contributed by atoms with Crippen LogP contribution in [-0.2, 0) is 9.59 Å². The quantitative estimate of drug-likeness (QED) is 0.546. The van der Waals surface area contributed by atoms with E-state index in [9.17, 15) is 19.7 Å². The molecule has 15 heavy (non-hydrogen) atoms. The Hall–Kier alpha value is -1.46. The van der Waals surface area contributed by atoms with E-state index in [1.165, 1.54) is 0 Å². The summed E-state index contributed by atoms with van der Waals surface area (Å²) < 4.78 is 0. The zero-order valence-electron chi connectivity index (χ0n) is 8.38. The molecule has 0 unspecified atom stereocenters. The Morgan fingerprint density at radius 1 is 1.67 bits per heavy atom. The second-order valence-electron chi connectivity index (χ2n) is 4.03. The first kappa shape index (κ1) is 11.6. The molecular formula is C9H13NO5. The molecule has 1 fully saturated rings. The van der Waals surface area contributed by atoms with Crippen molar-refractivity contribution in [2.75, 3.05) is 6.54 Å². The van der Waals surface area contributed by atoms with Crippen molar-refractivity contribution in [3.63, 3.8) is 0 Å². The third-order valence-electron chi connectivity index (χ3n) is 2.94. The van der Waals surface area contributed by atoms with Crippen molar-refractivity contribution < 1.29 is 19.6 Å². The number of ketones is 1. The van der Waals surface area contributed by atoms with Crippen molar-refractivity contribution in [1.82, 2.24) is 0 Å². The maximum atomic E-state index is 11.4. The summed E-state index contributed by atoms with van der Waals surface area (Å²) in [5, 5.41) is 19.0. The molecule has 1 aliphatic rings. The van der Waals surface area contributed by atoms with E-state index < -0.39 is 22.7 Å². The molecule has 0 amide bonds. The topological polar surface area (TPSA) is 97.5 Å². The largest absolute Gasteiger partial charge is 0.481 e. The van der Waals surface area contributed by atoms with Gasteiger partial charge in [-0.2, -0.15) is 0 Å². The van der Waals surface area contributed by atoms with Gasteiger partial charge in [0, 0.05) is 23.2 Å². The Bertz CT molecular complexity index is 301. The highest BCUT2D eigenvalue weighted by molar-refractivity contribution is 5.87. The van der Waals surface area contributed by atoms with Gasteiger partial charge >= 0.3 is 5.97 Å². The monoisotopic (exact) mass is 215 g/mol. The number of hydrogen-bond acceptors (Lipinski definition) is 4. The number of rotatable bonds is 4. The van der Waals surface area contributed by atoms with Gasteiger partial charge in [-0.05, 0) is 5.92 Å². The molecule has 1 N–H and O–H groups in total. The van der Waals surface area contributed by atoms with Crippen molar-refractivity contribution in [3.05, 3.63) is 10.1 Å². The average Bonchev–Trinajstić information content (AvgIpc) is 2.30. The number of nitrogens with zero attached hydrogens (tertiary/aromatic N) is 1. The van der Waals surface area contributed by atoms with Crippen LogP contribution in [0.25, 0.3) is 0 Å². The van der Waals surface area contributed by atoms with Crippen LogP contribution in [0.1, 0.15) is 19.8 Å². The number of carbonyl (C=O) groups excluding carboxylic acids is 1. The van der Waals surface area contributed by atoms with Crippen LogP contribution in [0.2, 0.25) is 0 Å². The predicted molar refractivity (Wildman–Crippen MR) is 49.9 cm³/mol. The van der Waals surface area contributed by atoms with Crippen molar-refractivity contribution in [3.8, 4) is 0 Å². The molecule has 0 heterocycles. The molecule has 0 bridgehead atoms. The molecule has 0 saturated heterocycles. The lowest BCUT2D eigenvalue weighted by atomic mass is 9.88. The third-order valence-corrected chi connectivity index (χ3v) is 2.94. The minimum absolute atomic E-state index is 0.0905. The summed E-state index contributed by atoms with van der Waals surface area (Å²) >= 11 is 0. The Labute approximate surface area is 86.4 Å². The molecule has 6 nitrogen and oxygen atoms in total. The molecule has 0 radical (unpaired) electrons. The van der Waals surface area contributed by atoms with Crippen LogP contribution >= 0.6 is 0 Å². The van der Waals surface area contributed by atoms with E-state index in [4.69, 9.17) is 5.11 Å². The number of carboxylic acids is 1. The molecule has 1 rings (SSSR count). The van der Waals surface area contributed by atoms with Crippen LogP contribution in [0, 0.1) is 27.9 Å². The standard InChI is InChI=1S/C9H13NO5/c1-5-2-8(11)6(3-9(12)13)7(5)4-10(14)15/h5-7H,2-4H2,1H3,(H,12,13)/t5-,6+,7+/m1/s1. The number of hydrogen-bond donors (Lipinski definition) is 1. The first-order valence-electron chi connectivity index (χ1n) is 4.78. The normalized spacial score (nSPS) is 30.5. The highest BCUT2D eigenvalue weighted by atomic mass is 16.6. The van der Waals surface area contributed by atoms with Crippen molar-refractivity contribution >= 4 is 11.8 Å². The molecule has 1 saturated carbocycles.